The highest BCUT2D eigenvalue weighted by Gasteiger charge is 2.06. The Morgan fingerprint density at radius 2 is 2.36 bits per heavy atom. The van der Waals surface area contributed by atoms with E-state index >= 15 is 0 Å². The smallest absolute Gasteiger partial charge is 0.132 e. The van der Waals surface area contributed by atoms with Crippen LogP contribution >= 0.6 is 27.7 Å². The maximum atomic E-state index is 4.39. The molecule has 0 saturated carbocycles. The van der Waals surface area contributed by atoms with Crippen LogP contribution in [0.15, 0.2) is 18.3 Å². The van der Waals surface area contributed by atoms with Gasteiger partial charge >= 0.3 is 0 Å². The second-order valence-corrected chi connectivity index (χ2v) is 4.58. The van der Waals surface area contributed by atoms with Crippen molar-refractivity contribution in [3.63, 3.8) is 0 Å². The number of thioether (sulfide) groups is 1. The SMILES string of the molecule is CSCCN(C)c1ncccc1CBr. The predicted octanol–water partition coefficient (Wildman–Crippen LogP) is 2.78. The van der Waals surface area contributed by atoms with E-state index in [1.807, 2.05) is 24.0 Å². The van der Waals surface area contributed by atoms with Crippen LogP contribution in [0.4, 0.5) is 5.82 Å². The lowest BCUT2D eigenvalue weighted by atomic mass is 10.3. The van der Waals surface area contributed by atoms with Gasteiger partial charge < -0.3 is 4.90 Å². The minimum Gasteiger partial charge on any atom is -0.359 e. The number of hydrogen-bond donors (Lipinski definition) is 0. The van der Waals surface area contributed by atoms with Gasteiger partial charge in [0.05, 0.1) is 0 Å². The fraction of sp³-hybridized carbons (Fsp3) is 0.500. The fourth-order valence-electron chi connectivity index (χ4n) is 1.21. The maximum Gasteiger partial charge on any atom is 0.132 e. The molecule has 78 valence electrons. The summed E-state index contributed by atoms with van der Waals surface area (Å²) in [6.07, 6.45) is 3.97. The van der Waals surface area contributed by atoms with Crippen molar-refractivity contribution < 1.29 is 0 Å². The topological polar surface area (TPSA) is 16.1 Å². The van der Waals surface area contributed by atoms with E-state index in [0.29, 0.717) is 0 Å². The average molecular weight is 275 g/mol. The fourth-order valence-corrected chi connectivity index (χ4v) is 2.11. The molecule has 0 bridgehead atoms. The Morgan fingerprint density at radius 3 is 3.00 bits per heavy atom. The van der Waals surface area contributed by atoms with Crippen molar-refractivity contribution in [2.24, 2.45) is 0 Å². The number of anilines is 1. The second kappa shape index (κ2) is 6.30. The third-order valence-electron chi connectivity index (χ3n) is 2.00. The van der Waals surface area contributed by atoms with Crippen molar-refractivity contribution in [2.45, 2.75) is 5.33 Å². The van der Waals surface area contributed by atoms with Gasteiger partial charge in [0.25, 0.3) is 0 Å². The van der Waals surface area contributed by atoms with Crippen molar-refractivity contribution in [3.05, 3.63) is 23.9 Å². The molecule has 1 heterocycles. The van der Waals surface area contributed by atoms with Crippen molar-refractivity contribution in [2.75, 3.05) is 30.5 Å². The summed E-state index contributed by atoms with van der Waals surface area (Å²) in [5.74, 6) is 2.22. The molecule has 0 fully saturated rings. The van der Waals surface area contributed by atoms with E-state index in [-0.39, 0.29) is 0 Å². The molecule has 0 aliphatic rings. The van der Waals surface area contributed by atoms with Crippen LogP contribution in [0.1, 0.15) is 5.56 Å². The van der Waals surface area contributed by atoms with E-state index < -0.39 is 0 Å². The summed E-state index contributed by atoms with van der Waals surface area (Å²) in [4.78, 5) is 6.59. The van der Waals surface area contributed by atoms with Gasteiger partial charge in [-0.05, 0) is 12.3 Å². The first-order valence-electron chi connectivity index (χ1n) is 4.49. The monoisotopic (exact) mass is 274 g/mol. The van der Waals surface area contributed by atoms with Crippen LogP contribution in [0, 0.1) is 0 Å². The summed E-state index contributed by atoms with van der Waals surface area (Å²) in [6.45, 7) is 1.04. The molecular formula is C10H15BrN2S. The standard InChI is InChI=1S/C10H15BrN2S/c1-13(6-7-14-2)10-9(8-11)4-3-5-12-10/h3-5H,6-8H2,1-2H3. The number of pyridine rings is 1. The van der Waals surface area contributed by atoms with E-state index in [0.717, 1.165) is 23.4 Å². The van der Waals surface area contributed by atoms with Crippen LogP contribution < -0.4 is 4.90 Å². The summed E-state index contributed by atoms with van der Waals surface area (Å²) in [5.41, 5.74) is 1.25. The van der Waals surface area contributed by atoms with Crippen LogP contribution in [0.3, 0.4) is 0 Å². The van der Waals surface area contributed by atoms with Crippen molar-refractivity contribution in [1.29, 1.82) is 0 Å². The Hall–Kier alpha value is -0.220. The van der Waals surface area contributed by atoms with Crippen molar-refractivity contribution in [1.82, 2.24) is 4.98 Å². The zero-order chi connectivity index (χ0) is 10.4. The molecule has 0 amide bonds. The molecule has 0 aliphatic heterocycles. The van der Waals surface area contributed by atoms with Crippen molar-refractivity contribution in [3.8, 4) is 0 Å². The minimum absolute atomic E-state index is 0.861. The Morgan fingerprint density at radius 1 is 1.57 bits per heavy atom. The number of hydrogen-bond acceptors (Lipinski definition) is 3. The minimum atomic E-state index is 0.861. The Labute approximate surface area is 98.2 Å². The molecule has 14 heavy (non-hydrogen) atoms. The highest BCUT2D eigenvalue weighted by atomic mass is 79.9. The van der Waals surface area contributed by atoms with Gasteiger partial charge in [0.15, 0.2) is 0 Å². The predicted molar refractivity (Wildman–Crippen MR) is 68.5 cm³/mol. The molecule has 0 N–H and O–H groups in total. The molecule has 2 nitrogen and oxygen atoms in total. The summed E-state index contributed by atoms with van der Waals surface area (Å²) >= 11 is 5.33. The Balaban J connectivity index is 2.72. The Kier molecular flexibility index (Phi) is 5.33. The maximum absolute atomic E-state index is 4.39. The number of rotatable bonds is 5. The largest absolute Gasteiger partial charge is 0.359 e. The molecule has 0 aliphatic carbocycles. The number of aromatic nitrogens is 1. The molecular weight excluding hydrogens is 260 g/mol. The summed E-state index contributed by atoms with van der Waals surface area (Å²) < 4.78 is 0. The molecule has 0 unspecified atom stereocenters. The van der Waals surface area contributed by atoms with Crippen LogP contribution in [-0.2, 0) is 5.33 Å². The molecule has 1 aromatic rings. The van der Waals surface area contributed by atoms with Gasteiger partial charge in [0, 0.05) is 36.4 Å². The van der Waals surface area contributed by atoms with Gasteiger partial charge in [-0.1, -0.05) is 22.0 Å². The molecule has 0 aromatic carbocycles. The molecule has 0 saturated heterocycles. The van der Waals surface area contributed by atoms with Gasteiger partial charge in [-0.3, -0.25) is 0 Å². The van der Waals surface area contributed by atoms with Crippen LogP contribution in [0.25, 0.3) is 0 Å². The molecule has 0 atom stereocenters. The lowest BCUT2D eigenvalue weighted by Gasteiger charge is -2.19. The van der Waals surface area contributed by atoms with Crippen LogP contribution in [0.2, 0.25) is 0 Å². The summed E-state index contributed by atoms with van der Waals surface area (Å²) in [6, 6.07) is 4.08. The van der Waals surface area contributed by atoms with Gasteiger partial charge in [0.1, 0.15) is 5.82 Å². The third-order valence-corrected chi connectivity index (χ3v) is 3.20. The molecule has 1 aromatic heterocycles. The second-order valence-electron chi connectivity index (χ2n) is 3.03. The van der Waals surface area contributed by atoms with Gasteiger partial charge in [-0.15, -0.1) is 0 Å². The van der Waals surface area contributed by atoms with Gasteiger partial charge in [-0.25, -0.2) is 4.98 Å². The van der Waals surface area contributed by atoms with E-state index in [4.69, 9.17) is 0 Å². The first-order chi connectivity index (χ1) is 6.79. The lowest BCUT2D eigenvalue weighted by molar-refractivity contribution is 0.936. The molecule has 4 heteroatoms. The van der Waals surface area contributed by atoms with E-state index in [1.54, 1.807) is 0 Å². The highest BCUT2D eigenvalue weighted by molar-refractivity contribution is 9.08. The van der Waals surface area contributed by atoms with E-state index in [9.17, 15) is 0 Å². The Bertz CT molecular complexity index is 281. The zero-order valence-electron chi connectivity index (χ0n) is 8.53. The molecule has 1 rings (SSSR count). The highest BCUT2D eigenvalue weighted by Crippen LogP contribution is 2.18. The third kappa shape index (κ3) is 3.17. The first-order valence-corrected chi connectivity index (χ1v) is 7.01. The lowest BCUT2D eigenvalue weighted by Crippen LogP contribution is -2.22. The van der Waals surface area contributed by atoms with Crippen LogP contribution in [-0.4, -0.2) is 30.6 Å². The molecule has 0 spiro atoms. The zero-order valence-corrected chi connectivity index (χ0v) is 10.9. The number of alkyl halides is 1. The number of halogens is 1. The number of nitrogens with zero attached hydrogens (tertiary/aromatic N) is 2. The first kappa shape index (κ1) is 11.9. The van der Waals surface area contributed by atoms with E-state index in [2.05, 4.69) is 45.2 Å². The van der Waals surface area contributed by atoms with E-state index in [1.165, 1.54) is 5.56 Å². The quantitative estimate of drug-likeness (QED) is 0.769. The molecule has 0 radical (unpaired) electrons. The summed E-state index contributed by atoms with van der Waals surface area (Å²) in [5, 5.41) is 0.861. The average Bonchev–Trinajstić information content (AvgIpc) is 2.25. The summed E-state index contributed by atoms with van der Waals surface area (Å²) in [7, 11) is 2.09. The normalized spacial score (nSPS) is 10.2. The van der Waals surface area contributed by atoms with Gasteiger partial charge in [0.2, 0.25) is 0 Å². The van der Waals surface area contributed by atoms with Gasteiger partial charge in [-0.2, -0.15) is 11.8 Å². The van der Waals surface area contributed by atoms with Crippen LogP contribution in [0.5, 0.6) is 0 Å². The van der Waals surface area contributed by atoms with Crippen molar-refractivity contribution >= 4 is 33.5 Å².